The Hall–Kier alpha value is -9.56. The lowest BCUT2D eigenvalue weighted by atomic mass is 9.95. The highest BCUT2D eigenvalue weighted by molar-refractivity contribution is 6.33. The van der Waals surface area contributed by atoms with Crippen molar-refractivity contribution in [1.29, 1.82) is 0 Å². The summed E-state index contributed by atoms with van der Waals surface area (Å²) in [6.07, 6.45) is 15.4. The van der Waals surface area contributed by atoms with E-state index in [0.29, 0.717) is 133 Å². The number of benzene rings is 4. The number of fused-ring (bicyclic) bond motifs is 2. The molecule has 0 bridgehead atoms. The highest BCUT2D eigenvalue weighted by Crippen LogP contribution is 2.39. The van der Waals surface area contributed by atoms with Crippen molar-refractivity contribution in [3.63, 3.8) is 0 Å². The number of aromatic nitrogens is 8. The molecule has 2 fully saturated rings. The van der Waals surface area contributed by atoms with Gasteiger partial charge >= 0.3 is 11.9 Å². The van der Waals surface area contributed by atoms with Gasteiger partial charge in [0.2, 0.25) is 23.7 Å². The minimum atomic E-state index is -0.484. The maximum atomic E-state index is 13.7. The average Bonchev–Trinajstić information content (AvgIpc) is 1.79. The summed E-state index contributed by atoms with van der Waals surface area (Å²) in [5.41, 5.74) is 10.8. The van der Waals surface area contributed by atoms with Crippen molar-refractivity contribution in [1.82, 2.24) is 59.1 Å². The lowest BCUT2D eigenvalue weighted by Gasteiger charge is -2.34. The molecule has 0 radical (unpaired) electrons. The molecule has 4 N–H and O–H groups in total. The number of likely N-dealkylation sites (N-methyl/N-ethyl adjacent to an activating group) is 2. The molecule has 4 aliphatic rings. The van der Waals surface area contributed by atoms with Gasteiger partial charge in [0.25, 0.3) is 0 Å². The molecule has 0 spiro atoms. The van der Waals surface area contributed by atoms with Gasteiger partial charge in [-0.05, 0) is 146 Å². The lowest BCUT2D eigenvalue weighted by Crippen LogP contribution is -2.40. The van der Waals surface area contributed by atoms with Gasteiger partial charge < -0.3 is 55.1 Å². The standard InChI is InChI=1S/C68H78Cl2N18O7/c1-81(2)61(89)41-83-25-13-45-33-55(59(93-5)35-47(45)15-27-83)77-67-71-39-51(69)63(79-67)75-53-11-9-49(37-57(53)87-23-7-21-73-87)85-29-17-43(18-30-85)65(91)95-66(92)44-19-31-86(32-20-44)50-10-12-54(58(38-50)88-24-8-22-74-88)76-64-52(70)40-72-68(80-64)78-56-34-46-14-26-84(42-62(90)82(3)4)28-16-48(46)36-60(56)94-6/h7-12,21-24,33-40,43-44H,13-20,25-32,41-42H2,1-6H3,(H2,71,75,77,79)(H2,72,76,78,80). The van der Waals surface area contributed by atoms with Gasteiger partial charge in [-0.25, -0.2) is 19.3 Å². The van der Waals surface area contributed by atoms with Gasteiger partial charge in [0, 0.05) is 117 Å². The topological polar surface area (TPSA) is 251 Å². The number of hydrogen-bond donors (Lipinski definition) is 4. The SMILES string of the molecule is COc1cc2c(cc1Nc1ncc(Cl)c(Nc3ccc(N4CCC(C(=O)OC(=O)C5CCN(c6ccc(Nc7nc(Nc8cc9c(cc8OC)CCN(CC(=O)N(C)C)CC9)ncc7Cl)c(-n7cccn7)c6)CC5)CC4)cc3-n3cccn3)n1)CCN(CC(=O)N(C)C)CC2. The Morgan fingerprint density at radius 3 is 1.26 bits per heavy atom. The number of hydrogen-bond acceptors (Lipinski definition) is 21. The number of piperidine rings is 2. The van der Waals surface area contributed by atoms with E-state index in [0.717, 1.165) is 85.7 Å². The Labute approximate surface area is 561 Å². The number of anilines is 10. The molecule has 25 nitrogen and oxygen atoms in total. The summed E-state index contributed by atoms with van der Waals surface area (Å²) in [4.78, 5) is 83.1. The van der Waals surface area contributed by atoms with Crippen LogP contribution in [0.15, 0.2) is 110 Å². The van der Waals surface area contributed by atoms with Crippen LogP contribution in [0.2, 0.25) is 10.0 Å². The summed E-state index contributed by atoms with van der Waals surface area (Å²) in [5.74, 6) is 0.989. The Bertz CT molecular complexity index is 3820. The number of nitrogens with one attached hydrogen (secondary N) is 4. The number of halogens is 2. The third kappa shape index (κ3) is 15.5. The number of esters is 2. The summed E-state index contributed by atoms with van der Waals surface area (Å²) >= 11 is 13.6. The summed E-state index contributed by atoms with van der Waals surface area (Å²) in [5, 5.41) is 23.3. The van der Waals surface area contributed by atoms with Gasteiger partial charge in [0.1, 0.15) is 21.5 Å². The molecule has 8 heterocycles. The molecule has 0 unspecified atom stereocenters. The summed E-state index contributed by atoms with van der Waals surface area (Å²) in [6, 6.07) is 23.9. The molecule has 0 saturated carbocycles. The number of methoxy groups -OCH3 is 2. The van der Waals surface area contributed by atoms with Gasteiger partial charge in [-0.1, -0.05) is 23.2 Å². The molecule has 0 atom stereocenters. The second-order valence-electron chi connectivity index (χ2n) is 24.6. The van der Waals surface area contributed by atoms with Crippen LogP contribution in [0.1, 0.15) is 47.9 Å². The van der Waals surface area contributed by atoms with Gasteiger partial charge in [-0.2, -0.15) is 20.2 Å². The van der Waals surface area contributed by atoms with Crippen LogP contribution in [0.5, 0.6) is 11.5 Å². The molecule has 2 amide bonds. The summed E-state index contributed by atoms with van der Waals surface area (Å²) < 4.78 is 20.9. The minimum Gasteiger partial charge on any atom is -0.495 e. The highest BCUT2D eigenvalue weighted by atomic mass is 35.5. The van der Waals surface area contributed by atoms with E-state index in [1.807, 2.05) is 73.1 Å². The van der Waals surface area contributed by atoms with E-state index >= 15 is 0 Å². The van der Waals surface area contributed by atoms with Crippen molar-refractivity contribution in [3.05, 3.63) is 142 Å². The van der Waals surface area contributed by atoms with Gasteiger partial charge in [-0.15, -0.1) is 0 Å². The van der Waals surface area contributed by atoms with Crippen LogP contribution in [-0.4, -0.2) is 191 Å². The van der Waals surface area contributed by atoms with Crippen LogP contribution in [0.25, 0.3) is 11.4 Å². The van der Waals surface area contributed by atoms with Crippen molar-refractivity contribution in [3.8, 4) is 22.9 Å². The third-order valence-electron chi connectivity index (χ3n) is 18.1. The molecule has 12 rings (SSSR count). The van der Waals surface area contributed by atoms with Crippen molar-refractivity contribution in [2.24, 2.45) is 11.8 Å². The van der Waals surface area contributed by atoms with E-state index in [-0.39, 0.29) is 11.8 Å². The maximum Gasteiger partial charge on any atom is 0.316 e. The predicted octanol–water partition coefficient (Wildman–Crippen LogP) is 9.12. The number of nitrogens with zero attached hydrogens (tertiary/aromatic N) is 14. The molecule has 496 valence electrons. The van der Waals surface area contributed by atoms with E-state index in [1.54, 1.807) is 86.4 Å². The van der Waals surface area contributed by atoms with Crippen LogP contribution >= 0.6 is 23.2 Å². The molecule has 4 aromatic heterocycles. The molecule has 2 saturated heterocycles. The Kier molecular flexibility index (Phi) is 20.3. The second-order valence-corrected chi connectivity index (χ2v) is 25.4. The number of ether oxygens (including phenoxy) is 3. The molecule has 4 aromatic carbocycles. The number of rotatable bonds is 20. The molecule has 0 aliphatic carbocycles. The minimum absolute atomic E-state index is 0.0768. The largest absolute Gasteiger partial charge is 0.495 e. The van der Waals surface area contributed by atoms with E-state index in [9.17, 15) is 19.2 Å². The Morgan fingerprint density at radius 1 is 0.516 bits per heavy atom. The van der Waals surface area contributed by atoms with E-state index in [2.05, 4.69) is 73.2 Å². The first-order chi connectivity index (χ1) is 46.0. The van der Waals surface area contributed by atoms with E-state index in [4.69, 9.17) is 47.4 Å². The molecular formula is C68H78Cl2N18O7. The first kappa shape index (κ1) is 65.5. The first-order valence-electron chi connectivity index (χ1n) is 31.9. The third-order valence-corrected chi connectivity index (χ3v) is 18.6. The fraction of sp³-hybridized carbons (Fsp3) is 0.382. The first-order valence-corrected chi connectivity index (χ1v) is 32.7. The van der Waals surface area contributed by atoms with Crippen molar-refractivity contribution >= 4 is 105 Å². The Morgan fingerprint density at radius 2 is 0.905 bits per heavy atom. The fourth-order valence-corrected chi connectivity index (χ4v) is 12.8. The number of carbonyl (C=O) groups excluding carboxylic acids is 4. The number of carbonyl (C=O) groups is 4. The second kappa shape index (κ2) is 29.4. The van der Waals surface area contributed by atoms with Gasteiger partial charge in [0.05, 0.1) is 85.7 Å². The molecule has 8 aromatic rings. The van der Waals surface area contributed by atoms with Gasteiger partial charge in [0.15, 0.2) is 11.6 Å². The zero-order chi connectivity index (χ0) is 66.3. The van der Waals surface area contributed by atoms with Gasteiger partial charge in [-0.3, -0.25) is 29.0 Å². The summed E-state index contributed by atoms with van der Waals surface area (Å²) in [6.45, 7) is 6.06. The Balaban J connectivity index is 0.644. The zero-order valence-corrected chi connectivity index (χ0v) is 55.7. The van der Waals surface area contributed by atoms with E-state index < -0.39 is 23.8 Å². The van der Waals surface area contributed by atoms with Crippen LogP contribution < -0.4 is 40.5 Å². The average molecular weight is 1330 g/mol. The zero-order valence-electron chi connectivity index (χ0n) is 54.1. The molecule has 95 heavy (non-hydrogen) atoms. The normalized spacial score (nSPS) is 15.6. The van der Waals surface area contributed by atoms with Crippen molar-refractivity contribution < 1.29 is 33.4 Å². The van der Waals surface area contributed by atoms with Crippen LogP contribution in [0, 0.1) is 11.8 Å². The maximum absolute atomic E-state index is 13.7. The van der Waals surface area contributed by atoms with Crippen molar-refractivity contribution in [2.75, 3.05) is 139 Å². The number of amides is 2. The molecule has 27 heteroatoms. The van der Waals surface area contributed by atoms with Crippen molar-refractivity contribution in [2.45, 2.75) is 51.4 Å². The molecule has 4 aliphatic heterocycles. The smallest absolute Gasteiger partial charge is 0.316 e. The quantitative estimate of drug-likeness (QED) is 0.0410. The van der Waals surface area contributed by atoms with Crippen LogP contribution in [0.3, 0.4) is 0 Å². The lowest BCUT2D eigenvalue weighted by molar-refractivity contribution is -0.166. The van der Waals surface area contributed by atoms with Crippen LogP contribution in [0.4, 0.5) is 57.7 Å². The van der Waals surface area contributed by atoms with E-state index in [1.165, 1.54) is 11.1 Å². The predicted molar refractivity (Wildman–Crippen MR) is 366 cm³/mol. The monoisotopic (exact) mass is 1330 g/mol. The van der Waals surface area contributed by atoms with Crippen LogP contribution in [-0.2, 0) is 49.6 Å². The highest BCUT2D eigenvalue weighted by Gasteiger charge is 2.33. The summed E-state index contributed by atoms with van der Waals surface area (Å²) in [7, 11) is 10.4. The fourth-order valence-electron chi connectivity index (χ4n) is 12.5. The molecular weight excluding hydrogens is 1250 g/mol.